The van der Waals surface area contributed by atoms with Gasteiger partial charge in [0.1, 0.15) is 0 Å². The van der Waals surface area contributed by atoms with Gasteiger partial charge in [-0.2, -0.15) is 0 Å². The van der Waals surface area contributed by atoms with Crippen molar-refractivity contribution in [1.29, 1.82) is 0 Å². The smallest absolute Gasteiger partial charge is 0.330 e. The van der Waals surface area contributed by atoms with Gasteiger partial charge in [0.2, 0.25) is 0 Å². The highest BCUT2D eigenvalue weighted by atomic mass is 16.5. The Labute approximate surface area is 117 Å². The summed E-state index contributed by atoms with van der Waals surface area (Å²) in [7, 11) is 1.38. The summed E-state index contributed by atoms with van der Waals surface area (Å²) in [4.78, 5) is 11.3. The molecule has 0 bridgehead atoms. The van der Waals surface area contributed by atoms with E-state index in [4.69, 9.17) is 0 Å². The zero-order valence-electron chi connectivity index (χ0n) is 11.2. The number of fused-ring (bicyclic) bond motifs is 2. The van der Waals surface area contributed by atoms with E-state index in [0.29, 0.717) is 0 Å². The largest absolute Gasteiger partial charge is 0.466 e. The highest BCUT2D eigenvalue weighted by Gasteiger charge is 2.05. The second kappa shape index (κ2) is 5.17. The summed E-state index contributed by atoms with van der Waals surface area (Å²) in [5.41, 5.74) is 1.05. The maximum absolute atomic E-state index is 11.3. The molecular formula is C18H14O2. The molecule has 0 saturated heterocycles. The third-order valence-electron chi connectivity index (χ3n) is 3.40. The van der Waals surface area contributed by atoms with E-state index in [0.717, 1.165) is 27.1 Å². The lowest BCUT2D eigenvalue weighted by Crippen LogP contribution is -1.93. The van der Waals surface area contributed by atoms with Gasteiger partial charge in [0.25, 0.3) is 0 Å². The predicted molar refractivity (Wildman–Crippen MR) is 82.5 cm³/mol. The van der Waals surface area contributed by atoms with Gasteiger partial charge in [0.15, 0.2) is 0 Å². The molecule has 0 heterocycles. The molecule has 0 amide bonds. The number of carbonyl (C=O) groups is 1. The van der Waals surface area contributed by atoms with Gasteiger partial charge in [-0.15, -0.1) is 0 Å². The van der Waals surface area contributed by atoms with Crippen LogP contribution in [0.1, 0.15) is 5.56 Å². The van der Waals surface area contributed by atoms with Gasteiger partial charge in [-0.1, -0.05) is 48.5 Å². The summed E-state index contributed by atoms with van der Waals surface area (Å²) in [6.45, 7) is 0. The van der Waals surface area contributed by atoms with Crippen LogP contribution in [0.2, 0.25) is 0 Å². The topological polar surface area (TPSA) is 26.3 Å². The van der Waals surface area contributed by atoms with Gasteiger partial charge in [-0.25, -0.2) is 4.79 Å². The van der Waals surface area contributed by atoms with Crippen molar-refractivity contribution >= 4 is 33.6 Å². The fraction of sp³-hybridized carbons (Fsp3) is 0.0556. The Bertz CT molecular complexity index is 762. The van der Waals surface area contributed by atoms with Crippen LogP contribution in [-0.2, 0) is 9.53 Å². The number of hydrogen-bond acceptors (Lipinski definition) is 2. The van der Waals surface area contributed by atoms with Crippen molar-refractivity contribution in [3.63, 3.8) is 0 Å². The quantitative estimate of drug-likeness (QED) is 0.393. The van der Waals surface area contributed by atoms with Crippen molar-refractivity contribution in [3.05, 3.63) is 66.2 Å². The SMILES string of the molecule is COC(=O)/C=C\c1c2ccccc2cc2ccccc12. The minimum Gasteiger partial charge on any atom is -0.466 e. The van der Waals surface area contributed by atoms with Crippen LogP contribution in [0.15, 0.2) is 60.7 Å². The Morgan fingerprint density at radius 1 is 0.950 bits per heavy atom. The molecule has 98 valence electrons. The highest BCUT2D eigenvalue weighted by Crippen LogP contribution is 2.29. The van der Waals surface area contributed by atoms with Crippen molar-refractivity contribution in [3.8, 4) is 0 Å². The second-order valence-electron chi connectivity index (χ2n) is 4.59. The molecule has 3 rings (SSSR count). The summed E-state index contributed by atoms with van der Waals surface area (Å²) in [6, 6.07) is 18.5. The number of methoxy groups -OCH3 is 1. The molecule has 3 aromatic carbocycles. The molecule has 0 N–H and O–H groups in total. The van der Waals surface area contributed by atoms with Crippen LogP contribution in [0.25, 0.3) is 27.6 Å². The third kappa shape index (κ3) is 2.16. The Kier molecular flexibility index (Phi) is 3.21. The van der Waals surface area contributed by atoms with Gasteiger partial charge in [-0.05, 0) is 39.3 Å². The molecule has 0 aromatic heterocycles. The normalized spacial score (nSPS) is 11.2. The van der Waals surface area contributed by atoms with Gasteiger partial charge < -0.3 is 4.74 Å². The van der Waals surface area contributed by atoms with Crippen molar-refractivity contribution in [2.75, 3.05) is 7.11 Å². The van der Waals surface area contributed by atoms with Crippen LogP contribution in [0, 0.1) is 0 Å². The standard InChI is InChI=1S/C18H14O2/c1-20-18(19)11-10-17-15-8-4-2-6-13(15)12-14-7-3-5-9-16(14)17/h2-12H,1H3/b11-10-. The molecule has 0 fully saturated rings. The van der Waals surface area contributed by atoms with Crippen LogP contribution < -0.4 is 0 Å². The fourth-order valence-electron chi connectivity index (χ4n) is 2.45. The Hall–Kier alpha value is -2.61. The number of rotatable bonds is 2. The molecule has 3 aromatic rings. The molecule has 0 aliphatic rings. The molecule has 0 atom stereocenters. The summed E-state index contributed by atoms with van der Waals surface area (Å²) >= 11 is 0. The first-order valence-electron chi connectivity index (χ1n) is 6.46. The van der Waals surface area contributed by atoms with Gasteiger partial charge in [0, 0.05) is 6.08 Å². The van der Waals surface area contributed by atoms with Gasteiger partial charge >= 0.3 is 5.97 Å². The molecule has 0 unspecified atom stereocenters. The number of carbonyl (C=O) groups excluding carboxylic acids is 1. The van der Waals surface area contributed by atoms with Gasteiger partial charge in [0.05, 0.1) is 7.11 Å². The average molecular weight is 262 g/mol. The number of benzene rings is 3. The van der Waals surface area contributed by atoms with E-state index < -0.39 is 0 Å². The molecule has 20 heavy (non-hydrogen) atoms. The Morgan fingerprint density at radius 3 is 2.05 bits per heavy atom. The van der Waals surface area contributed by atoms with E-state index in [1.165, 1.54) is 13.2 Å². The number of hydrogen-bond donors (Lipinski definition) is 0. The first-order chi connectivity index (χ1) is 9.79. The highest BCUT2D eigenvalue weighted by molar-refractivity contribution is 6.07. The summed E-state index contributed by atoms with van der Waals surface area (Å²) in [6.07, 6.45) is 3.30. The van der Waals surface area contributed by atoms with E-state index in [9.17, 15) is 4.79 Å². The predicted octanol–water partition coefficient (Wildman–Crippen LogP) is 4.18. The first kappa shape index (κ1) is 12.4. The maximum atomic E-state index is 11.3. The molecule has 0 spiro atoms. The molecule has 0 saturated carbocycles. The first-order valence-corrected chi connectivity index (χ1v) is 6.46. The summed E-state index contributed by atoms with van der Waals surface area (Å²) < 4.78 is 4.67. The lowest BCUT2D eigenvalue weighted by Gasteiger charge is -2.08. The second-order valence-corrected chi connectivity index (χ2v) is 4.59. The monoisotopic (exact) mass is 262 g/mol. The van der Waals surface area contributed by atoms with Crippen molar-refractivity contribution < 1.29 is 9.53 Å². The zero-order valence-corrected chi connectivity index (χ0v) is 11.2. The van der Waals surface area contributed by atoms with Crippen molar-refractivity contribution in [2.24, 2.45) is 0 Å². The lowest BCUT2D eigenvalue weighted by atomic mass is 9.96. The minimum absolute atomic E-state index is 0.345. The number of esters is 1. The van der Waals surface area contributed by atoms with Crippen LogP contribution in [0.3, 0.4) is 0 Å². The summed E-state index contributed by atoms with van der Waals surface area (Å²) in [5.74, 6) is -0.345. The van der Waals surface area contributed by atoms with Crippen molar-refractivity contribution in [1.82, 2.24) is 0 Å². The van der Waals surface area contributed by atoms with E-state index in [1.54, 1.807) is 0 Å². The number of ether oxygens (including phenoxy) is 1. The van der Waals surface area contributed by atoms with E-state index >= 15 is 0 Å². The molecule has 0 aliphatic carbocycles. The minimum atomic E-state index is -0.345. The van der Waals surface area contributed by atoms with Gasteiger partial charge in [-0.3, -0.25) is 0 Å². The summed E-state index contributed by atoms with van der Waals surface area (Å²) in [5, 5.41) is 4.59. The van der Waals surface area contributed by atoms with E-state index in [2.05, 4.69) is 35.1 Å². The van der Waals surface area contributed by atoms with Crippen LogP contribution in [-0.4, -0.2) is 13.1 Å². The van der Waals surface area contributed by atoms with E-state index in [-0.39, 0.29) is 5.97 Å². The van der Waals surface area contributed by atoms with Crippen molar-refractivity contribution in [2.45, 2.75) is 0 Å². The molecular weight excluding hydrogens is 248 g/mol. The third-order valence-corrected chi connectivity index (χ3v) is 3.40. The lowest BCUT2D eigenvalue weighted by molar-refractivity contribution is -0.134. The van der Waals surface area contributed by atoms with E-state index in [1.807, 2.05) is 30.3 Å². The maximum Gasteiger partial charge on any atom is 0.330 e. The van der Waals surface area contributed by atoms with Crippen LogP contribution in [0.4, 0.5) is 0 Å². The molecule has 2 heteroatoms. The molecule has 0 aliphatic heterocycles. The molecule has 0 radical (unpaired) electrons. The van der Waals surface area contributed by atoms with Crippen LogP contribution in [0.5, 0.6) is 0 Å². The Balaban J connectivity index is 2.33. The zero-order chi connectivity index (χ0) is 13.9. The molecule has 2 nitrogen and oxygen atoms in total. The Morgan fingerprint density at radius 2 is 1.50 bits per heavy atom. The van der Waals surface area contributed by atoms with Crippen LogP contribution >= 0.6 is 0 Å². The average Bonchev–Trinajstić information content (AvgIpc) is 2.51. The fourth-order valence-corrected chi connectivity index (χ4v) is 2.45.